The lowest BCUT2D eigenvalue weighted by Gasteiger charge is -2.13. The Morgan fingerprint density at radius 3 is 1.93 bits per heavy atom. The van der Waals surface area contributed by atoms with E-state index >= 15 is 0 Å². The molecule has 0 spiro atoms. The second kappa shape index (κ2) is 21.0. The summed E-state index contributed by atoms with van der Waals surface area (Å²) in [5.41, 5.74) is 0. The Hall–Kier alpha value is -0.710. The van der Waals surface area contributed by atoms with E-state index in [1.807, 2.05) is 6.26 Å². The smallest absolute Gasteiger partial charge is 0.437 e. The largest absolute Gasteiger partial charge is 0.473 e. The zero-order valence-corrected chi connectivity index (χ0v) is 19.8. The number of unbranched alkanes of at least 4 members (excludes halogenated alkanes) is 10. The van der Waals surface area contributed by atoms with Gasteiger partial charge in [-0.25, -0.2) is 4.79 Å². The number of nitrogens with zero attached hydrogens (tertiary/aromatic N) is 1. The van der Waals surface area contributed by atoms with Gasteiger partial charge in [0.2, 0.25) is 0 Å². The van der Waals surface area contributed by atoms with Crippen LogP contribution in [0.4, 0.5) is 4.79 Å². The number of aliphatic imine (C=N–C) groups is 1. The molecule has 1 unspecified atom stereocenters. The minimum absolute atomic E-state index is 0.419. The van der Waals surface area contributed by atoms with Crippen molar-refractivity contribution in [1.82, 2.24) is 0 Å². The highest BCUT2D eigenvalue weighted by Gasteiger charge is 2.11. The van der Waals surface area contributed by atoms with Crippen LogP contribution in [0.5, 0.6) is 0 Å². The minimum atomic E-state index is -0.526. The summed E-state index contributed by atoms with van der Waals surface area (Å²) in [5.74, 6) is 0.435. The highest BCUT2D eigenvalue weighted by Crippen LogP contribution is 2.14. The van der Waals surface area contributed by atoms with Crippen molar-refractivity contribution in [2.45, 2.75) is 111 Å². The van der Waals surface area contributed by atoms with Gasteiger partial charge in [-0.2, -0.15) is 0 Å². The van der Waals surface area contributed by atoms with E-state index in [9.17, 15) is 4.79 Å². The Labute approximate surface area is 178 Å². The third kappa shape index (κ3) is 17.4. The van der Waals surface area contributed by atoms with Crippen LogP contribution < -0.4 is 0 Å². The molecule has 0 aromatic heterocycles. The van der Waals surface area contributed by atoms with Gasteiger partial charge in [-0.15, -0.1) is 4.99 Å². The molecule has 0 saturated heterocycles. The fourth-order valence-corrected chi connectivity index (χ4v) is 3.45. The van der Waals surface area contributed by atoms with Crippen molar-refractivity contribution in [3.63, 3.8) is 0 Å². The fraction of sp³-hybridized carbons (Fsp3) is 0.913. The predicted octanol–water partition coefficient (Wildman–Crippen LogP) is 8.00. The zero-order chi connectivity index (χ0) is 20.9. The second-order valence-corrected chi connectivity index (χ2v) is 8.36. The zero-order valence-electron chi connectivity index (χ0n) is 19.0. The summed E-state index contributed by atoms with van der Waals surface area (Å²) in [4.78, 5) is 15.9. The summed E-state index contributed by atoms with van der Waals surface area (Å²) in [6, 6.07) is 0. The summed E-state index contributed by atoms with van der Waals surface area (Å²) in [5, 5.41) is 0.419. The first-order valence-electron chi connectivity index (χ1n) is 11.6. The van der Waals surface area contributed by atoms with Crippen LogP contribution in [0.1, 0.15) is 111 Å². The molecule has 4 nitrogen and oxygen atoms in total. The Kier molecular flexibility index (Phi) is 20.5. The van der Waals surface area contributed by atoms with Crippen molar-refractivity contribution in [1.29, 1.82) is 0 Å². The lowest BCUT2D eigenvalue weighted by molar-refractivity contribution is 0.131. The first kappa shape index (κ1) is 27.3. The molecule has 0 N–H and O–H groups in total. The van der Waals surface area contributed by atoms with E-state index in [4.69, 9.17) is 9.47 Å². The Morgan fingerprint density at radius 2 is 1.39 bits per heavy atom. The number of amides is 1. The number of thioether (sulfide) groups is 1. The van der Waals surface area contributed by atoms with Crippen LogP contribution in [0.15, 0.2) is 4.99 Å². The van der Waals surface area contributed by atoms with Gasteiger partial charge < -0.3 is 9.47 Å². The Morgan fingerprint density at radius 1 is 0.821 bits per heavy atom. The Balaban J connectivity index is 3.78. The number of rotatable bonds is 17. The van der Waals surface area contributed by atoms with Crippen LogP contribution in [-0.4, -0.2) is 30.8 Å². The molecule has 0 aromatic rings. The number of hydrogen-bond acceptors (Lipinski definition) is 4. The molecule has 1 atom stereocenters. The predicted molar refractivity (Wildman–Crippen MR) is 123 cm³/mol. The maximum atomic E-state index is 11.9. The van der Waals surface area contributed by atoms with Crippen LogP contribution in [0.3, 0.4) is 0 Å². The third-order valence-corrected chi connectivity index (χ3v) is 5.62. The minimum Gasteiger partial charge on any atom is -0.473 e. The quantitative estimate of drug-likeness (QED) is 0.137. The van der Waals surface area contributed by atoms with Crippen LogP contribution in [0.25, 0.3) is 0 Å². The average Bonchev–Trinajstić information content (AvgIpc) is 2.71. The van der Waals surface area contributed by atoms with Gasteiger partial charge in [-0.05, 0) is 25.0 Å². The van der Waals surface area contributed by atoms with Crippen molar-refractivity contribution in [3.05, 3.63) is 0 Å². The van der Waals surface area contributed by atoms with Crippen molar-refractivity contribution in [2.75, 3.05) is 19.5 Å². The van der Waals surface area contributed by atoms with Gasteiger partial charge >= 0.3 is 6.09 Å². The van der Waals surface area contributed by atoms with Crippen molar-refractivity contribution >= 4 is 23.1 Å². The maximum absolute atomic E-state index is 11.9. The number of carbonyl (C=O) groups excluding carboxylic acids is 1. The van der Waals surface area contributed by atoms with E-state index in [-0.39, 0.29) is 0 Å². The van der Waals surface area contributed by atoms with Gasteiger partial charge in [0, 0.05) is 0 Å². The molecular weight excluding hydrogens is 370 g/mol. The Bertz CT molecular complexity index is 388. The second-order valence-electron chi connectivity index (χ2n) is 7.61. The van der Waals surface area contributed by atoms with E-state index in [2.05, 4.69) is 25.8 Å². The summed E-state index contributed by atoms with van der Waals surface area (Å²) in [7, 11) is 0. The first-order valence-corrected chi connectivity index (χ1v) is 12.8. The van der Waals surface area contributed by atoms with E-state index < -0.39 is 6.09 Å². The third-order valence-electron chi connectivity index (χ3n) is 5.07. The van der Waals surface area contributed by atoms with Crippen molar-refractivity contribution in [2.24, 2.45) is 10.9 Å². The monoisotopic (exact) mass is 415 g/mol. The molecule has 0 radical (unpaired) electrons. The van der Waals surface area contributed by atoms with Gasteiger partial charge in [-0.1, -0.05) is 110 Å². The lowest BCUT2D eigenvalue weighted by Crippen LogP contribution is -2.13. The number of ether oxygens (including phenoxy) is 2. The highest BCUT2D eigenvalue weighted by atomic mass is 32.2. The molecular formula is C23H45NO3S. The molecule has 0 aromatic carbocycles. The van der Waals surface area contributed by atoms with Crippen molar-refractivity contribution < 1.29 is 14.3 Å². The topological polar surface area (TPSA) is 47.9 Å². The standard InChI is InChI=1S/C23H45NO3S/c1-5-8-10-11-12-13-14-15-16-17-19-26-23(28-4)24-22(25)27-20-21(7-3)18-9-6-2/h21H,5-20H2,1-4H3/b24-23+. The average molecular weight is 416 g/mol. The first-order chi connectivity index (χ1) is 13.7. The van der Waals surface area contributed by atoms with Gasteiger partial charge in [0.05, 0.1) is 13.2 Å². The molecule has 0 rings (SSSR count). The van der Waals surface area contributed by atoms with Gasteiger partial charge in [0.15, 0.2) is 0 Å². The van der Waals surface area contributed by atoms with Gasteiger partial charge in [-0.3, -0.25) is 0 Å². The summed E-state index contributed by atoms with van der Waals surface area (Å²) >= 11 is 1.36. The fourth-order valence-electron chi connectivity index (χ4n) is 3.08. The van der Waals surface area contributed by atoms with Crippen LogP contribution in [-0.2, 0) is 9.47 Å². The normalized spacial score (nSPS) is 12.8. The van der Waals surface area contributed by atoms with Crippen LogP contribution >= 0.6 is 11.8 Å². The van der Waals surface area contributed by atoms with E-state index in [0.717, 1.165) is 19.3 Å². The molecule has 0 aliphatic carbocycles. The SMILES string of the molecule is CCCCCCCCCCCCO/C(=N\C(=O)OCC(CC)CCCC)SC. The van der Waals surface area contributed by atoms with E-state index in [0.29, 0.717) is 24.4 Å². The maximum Gasteiger partial charge on any atom is 0.437 e. The molecule has 1 amide bonds. The molecule has 0 bridgehead atoms. The summed E-state index contributed by atoms with van der Waals surface area (Å²) < 4.78 is 11.0. The number of carbonyl (C=O) groups is 1. The molecule has 0 saturated carbocycles. The van der Waals surface area contributed by atoms with Crippen molar-refractivity contribution in [3.8, 4) is 0 Å². The van der Waals surface area contributed by atoms with E-state index in [1.165, 1.54) is 82.4 Å². The molecule has 0 aliphatic rings. The highest BCUT2D eigenvalue weighted by molar-refractivity contribution is 8.13. The number of hydrogen-bond donors (Lipinski definition) is 0. The van der Waals surface area contributed by atoms with E-state index in [1.54, 1.807) is 0 Å². The molecule has 0 fully saturated rings. The molecule has 0 aliphatic heterocycles. The molecule has 166 valence electrons. The molecule has 28 heavy (non-hydrogen) atoms. The summed E-state index contributed by atoms with van der Waals surface area (Å²) in [6.07, 6.45) is 18.8. The van der Waals surface area contributed by atoms with Gasteiger partial charge in [0.25, 0.3) is 5.23 Å². The lowest BCUT2D eigenvalue weighted by atomic mass is 10.0. The van der Waals surface area contributed by atoms with Crippen LogP contribution in [0, 0.1) is 5.92 Å². The molecule has 0 heterocycles. The molecule has 5 heteroatoms. The van der Waals surface area contributed by atoms with Gasteiger partial charge in [0.1, 0.15) is 0 Å². The van der Waals surface area contributed by atoms with Crippen LogP contribution in [0.2, 0.25) is 0 Å². The summed E-state index contributed by atoms with van der Waals surface area (Å²) in [6.45, 7) is 7.66.